The molecule has 6 rings (SSSR count). The first kappa shape index (κ1) is 19.1. The summed E-state index contributed by atoms with van der Waals surface area (Å²) < 4.78 is 1.44. The second-order valence-electron chi connectivity index (χ2n) is 8.91. The van der Waals surface area contributed by atoms with E-state index in [4.69, 9.17) is 5.26 Å². The Morgan fingerprint density at radius 1 is 1.06 bits per heavy atom. The normalized spacial score (nSPS) is 24.3. The number of phenols is 1. The second kappa shape index (κ2) is 7.53. The van der Waals surface area contributed by atoms with Crippen LogP contribution in [0.2, 0.25) is 0 Å². The first-order chi connectivity index (χ1) is 15.7. The largest absolute Gasteiger partial charge is 0.507 e. The molecule has 2 aliphatic heterocycles. The molecule has 10 heteroatoms. The van der Waals surface area contributed by atoms with Crippen LogP contribution in [0.3, 0.4) is 0 Å². The predicted molar refractivity (Wildman–Crippen MR) is 115 cm³/mol. The Morgan fingerprint density at radius 2 is 1.88 bits per heavy atom. The minimum absolute atomic E-state index is 0.0364. The second-order valence-corrected chi connectivity index (χ2v) is 8.91. The Bertz CT molecular complexity index is 1170. The summed E-state index contributed by atoms with van der Waals surface area (Å²) in [6.07, 6.45) is 10.4. The van der Waals surface area contributed by atoms with E-state index < -0.39 is 0 Å². The molecule has 1 aromatic carbocycles. The maximum absolute atomic E-state index is 10.6. The number of hydrogen-bond acceptors (Lipinski definition) is 9. The number of benzene rings is 1. The number of aromatic hydroxyl groups is 1. The number of nitrogens with zero attached hydrogens (tertiary/aromatic N) is 8. The van der Waals surface area contributed by atoms with E-state index in [0.29, 0.717) is 47.1 Å². The van der Waals surface area contributed by atoms with Crippen LogP contribution in [0.25, 0.3) is 16.9 Å². The van der Waals surface area contributed by atoms with Gasteiger partial charge in [-0.1, -0.05) is 5.21 Å². The molecule has 3 aromatic rings. The van der Waals surface area contributed by atoms with E-state index >= 15 is 0 Å². The lowest BCUT2D eigenvalue weighted by atomic mass is 9.98. The zero-order chi connectivity index (χ0) is 21.7. The van der Waals surface area contributed by atoms with Gasteiger partial charge in [0.25, 0.3) is 0 Å². The summed E-state index contributed by atoms with van der Waals surface area (Å²) in [5.41, 5.74) is 1.86. The molecule has 2 bridgehead atoms. The highest BCUT2D eigenvalue weighted by atomic mass is 16.3. The van der Waals surface area contributed by atoms with E-state index in [2.05, 4.69) is 35.7 Å². The van der Waals surface area contributed by atoms with Gasteiger partial charge in [-0.2, -0.15) is 5.26 Å². The van der Waals surface area contributed by atoms with Gasteiger partial charge in [-0.25, -0.2) is 9.67 Å². The molecule has 0 spiro atoms. The summed E-state index contributed by atoms with van der Waals surface area (Å²) in [5.74, 6) is 0.722. The van der Waals surface area contributed by atoms with Crippen LogP contribution >= 0.6 is 0 Å². The third kappa shape index (κ3) is 3.44. The number of phenolic OH excluding ortho intramolecular Hbond substituents is 1. The van der Waals surface area contributed by atoms with Crippen LogP contribution in [0, 0.1) is 11.3 Å². The fraction of sp³-hybridized carbons (Fsp3) is 0.455. The van der Waals surface area contributed by atoms with Gasteiger partial charge in [-0.05, 0) is 50.7 Å². The molecular weight excluding hydrogens is 406 g/mol. The van der Waals surface area contributed by atoms with Gasteiger partial charge < -0.3 is 15.3 Å². The highest BCUT2D eigenvalue weighted by Gasteiger charge is 2.42. The molecule has 4 heterocycles. The molecule has 3 atom stereocenters. The Kier molecular flexibility index (Phi) is 4.50. The van der Waals surface area contributed by atoms with Crippen molar-refractivity contribution in [3.05, 3.63) is 36.3 Å². The lowest BCUT2D eigenvalue weighted by Crippen LogP contribution is -2.49. The van der Waals surface area contributed by atoms with Crippen molar-refractivity contribution in [3.63, 3.8) is 0 Å². The van der Waals surface area contributed by atoms with Gasteiger partial charge in [0.2, 0.25) is 5.95 Å². The maximum Gasteiger partial charge on any atom is 0.245 e. The average molecular weight is 429 g/mol. The molecule has 2 N–H and O–H groups in total. The zero-order valence-corrected chi connectivity index (χ0v) is 17.5. The zero-order valence-electron chi connectivity index (χ0n) is 17.5. The van der Waals surface area contributed by atoms with E-state index in [-0.39, 0.29) is 11.4 Å². The number of fused-ring (bicyclic) bond motifs is 2. The van der Waals surface area contributed by atoms with Gasteiger partial charge in [-0.15, -0.1) is 15.3 Å². The summed E-state index contributed by atoms with van der Waals surface area (Å²) in [4.78, 5) is 7.05. The first-order valence-electron chi connectivity index (χ1n) is 11.1. The van der Waals surface area contributed by atoms with Crippen molar-refractivity contribution in [2.75, 3.05) is 4.90 Å². The van der Waals surface area contributed by atoms with Crippen LogP contribution in [-0.2, 0) is 0 Å². The lowest BCUT2D eigenvalue weighted by Gasteiger charge is -2.37. The lowest BCUT2D eigenvalue weighted by molar-refractivity contribution is 0.342. The van der Waals surface area contributed by atoms with E-state index in [1.807, 2.05) is 6.07 Å². The smallest absolute Gasteiger partial charge is 0.245 e. The van der Waals surface area contributed by atoms with Crippen LogP contribution in [-0.4, -0.2) is 59.4 Å². The third-order valence-electron chi connectivity index (χ3n) is 6.69. The topological polar surface area (TPSA) is 129 Å². The van der Waals surface area contributed by atoms with Crippen molar-refractivity contribution < 1.29 is 5.11 Å². The quantitative estimate of drug-likeness (QED) is 0.625. The molecule has 2 saturated heterocycles. The third-order valence-corrected chi connectivity index (χ3v) is 6.69. The molecule has 1 unspecified atom stereocenters. The molecule has 162 valence electrons. The molecule has 0 radical (unpaired) electrons. The van der Waals surface area contributed by atoms with Crippen molar-refractivity contribution in [1.82, 2.24) is 35.5 Å². The molecular formula is C22H23N9O. The number of rotatable bonds is 5. The highest BCUT2D eigenvalue weighted by Crippen LogP contribution is 2.38. The van der Waals surface area contributed by atoms with Crippen molar-refractivity contribution in [1.29, 1.82) is 5.26 Å². The van der Waals surface area contributed by atoms with Gasteiger partial charge >= 0.3 is 0 Å². The SMILES string of the molecule is N#Cc1cn(-c2ccc(-c3cnc(N(C4CC4)[C@H]4CC5CC[C@@H](C4)N5)nn3)c(O)c2)nn1. The summed E-state index contributed by atoms with van der Waals surface area (Å²) in [7, 11) is 0. The monoisotopic (exact) mass is 429 g/mol. The molecule has 3 fully saturated rings. The minimum atomic E-state index is 0.0364. The van der Waals surface area contributed by atoms with Crippen LogP contribution < -0.4 is 10.2 Å². The molecule has 10 nitrogen and oxygen atoms in total. The van der Waals surface area contributed by atoms with Crippen LogP contribution in [0.4, 0.5) is 5.95 Å². The van der Waals surface area contributed by atoms with E-state index in [1.165, 1.54) is 36.6 Å². The summed E-state index contributed by atoms with van der Waals surface area (Å²) in [5, 5.41) is 39.7. The van der Waals surface area contributed by atoms with Gasteiger partial charge in [0.15, 0.2) is 5.69 Å². The molecule has 3 aliphatic rings. The molecule has 0 amide bonds. The summed E-state index contributed by atoms with van der Waals surface area (Å²) in [6.45, 7) is 0. The van der Waals surface area contributed by atoms with Crippen LogP contribution in [0.15, 0.2) is 30.6 Å². The number of hydrogen-bond donors (Lipinski definition) is 2. The van der Waals surface area contributed by atoms with Gasteiger partial charge in [-0.3, -0.25) is 0 Å². The van der Waals surface area contributed by atoms with Gasteiger partial charge in [0, 0.05) is 35.8 Å². The molecule has 32 heavy (non-hydrogen) atoms. The number of nitriles is 1. The van der Waals surface area contributed by atoms with E-state index in [1.54, 1.807) is 24.4 Å². The standard InChI is InChI=1S/C22H23N9O/c23-10-15-12-30(29-26-15)17-5-6-19(21(32)9-17)20-11-24-22(28-27-20)31(16-3-4-16)18-7-13-1-2-14(8-18)25-13/h5-6,9,11-14,16,18,25,32H,1-4,7-8H2/t13-,14?,18+/m0/s1. The first-order valence-corrected chi connectivity index (χ1v) is 11.1. The van der Waals surface area contributed by atoms with Crippen molar-refractivity contribution >= 4 is 5.95 Å². The highest BCUT2D eigenvalue weighted by molar-refractivity contribution is 5.68. The molecule has 1 aliphatic carbocycles. The Hall–Kier alpha value is -3.58. The summed E-state index contributed by atoms with van der Waals surface area (Å²) >= 11 is 0. The van der Waals surface area contributed by atoms with E-state index in [9.17, 15) is 5.11 Å². The molecule has 2 aromatic heterocycles. The van der Waals surface area contributed by atoms with Crippen molar-refractivity contribution in [3.8, 4) is 28.8 Å². The Balaban J connectivity index is 1.24. The number of piperidine rings is 1. The van der Waals surface area contributed by atoms with Gasteiger partial charge in [0.1, 0.15) is 17.5 Å². The number of anilines is 1. The fourth-order valence-corrected chi connectivity index (χ4v) is 5.06. The van der Waals surface area contributed by atoms with Crippen molar-refractivity contribution in [2.24, 2.45) is 0 Å². The Morgan fingerprint density at radius 3 is 2.50 bits per heavy atom. The van der Waals surface area contributed by atoms with Gasteiger partial charge in [0.05, 0.1) is 18.1 Å². The maximum atomic E-state index is 10.6. The average Bonchev–Trinajstić information content (AvgIpc) is 3.41. The Labute approximate surface area is 184 Å². The minimum Gasteiger partial charge on any atom is -0.507 e. The van der Waals surface area contributed by atoms with Crippen LogP contribution in [0.5, 0.6) is 5.75 Å². The number of aromatic nitrogens is 6. The van der Waals surface area contributed by atoms with E-state index in [0.717, 1.165) is 12.8 Å². The van der Waals surface area contributed by atoms with Crippen molar-refractivity contribution in [2.45, 2.75) is 62.7 Å². The fourth-order valence-electron chi connectivity index (χ4n) is 5.06. The summed E-state index contributed by atoms with van der Waals surface area (Å²) in [6, 6.07) is 9.21. The number of nitrogens with one attached hydrogen (secondary N) is 1. The predicted octanol–water partition coefficient (Wildman–Crippen LogP) is 1.95. The van der Waals surface area contributed by atoms with Crippen LogP contribution in [0.1, 0.15) is 44.2 Å². The molecule has 1 saturated carbocycles.